The van der Waals surface area contributed by atoms with Crippen molar-refractivity contribution in [1.29, 1.82) is 0 Å². The average Bonchev–Trinajstić information content (AvgIpc) is 3.63. The van der Waals surface area contributed by atoms with E-state index in [9.17, 15) is 27.6 Å². The van der Waals surface area contributed by atoms with E-state index in [1.54, 1.807) is 22.8 Å². The number of likely N-dealkylation sites (tertiary alicyclic amines) is 1. The van der Waals surface area contributed by atoms with Gasteiger partial charge in [0.1, 0.15) is 11.5 Å². The Balaban J connectivity index is 0.00000153. The Hall–Kier alpha value is -5.33. The van der Waals surface area contributed by atoms with Crippen LogP contribution in [-0.4, -0.2) is 118 Å². The summed E-state index contributed by atoms with van der Waals surface area (Å²) >= 11 is 6.54. The molecule has 2 aromatic heterocycles. The molecule has 0 saturated carbocycles. The highest BCUT2D eigenvalue weighted by Crippen LogP contribution is 2.35. The van der Waals surface area contributed by atoms with E-state index < -0.39 is 23.7 Å². The highest BCUT2D eigenvalue weighted by atomic mass is 35.5. The number of carboxylic acids is 1. The van der Waals surface area contributed by atoms with Crippen LogP contribution in [0.2, 0.25) is 5.02 Å². The highest BCUT2D eigenvalue weighted by Gasteiger charge is 2.38. The van der Waals surface area contributed by atoms with Gasteiger partial charge >= 0.3 is 6.18 Å². The number of rotatable bonds is 10. The minimum absolute atomic E-state index is 0.0390. The molecule has 0 atom stereocenters. The number of carboxylic acid groups (broad SMARTS) is 1. The van der Waals surface area contributed by atoms with E-state index >= 15 is 0 Å². The zero-order chi connectivity index (χ0) is 42.1. The fraction of sp³-hybridized carbons (Fsp3) is 0.462. The minimum Gasteiger partial charge on any atom is -0.481 e. The molecule has 3 aliphatic heterocycles. The molecule has 0 unspecified atom stereocenters. The summed E-state index contributed by atoms with van der Waals surface area (Å²) < 4.78 is 42.9. The van der Waals surface area contributed by atoms with Crippen LogP contribution in [0.5, 0.6) is 0 Å². The van der Waals surface area contributed by atoms with Gasteiger partial charge < -0.3 is 36.2 Å². The molecule has 3 aliphatic rings. The van der Waals surface area contributed by atoms with Crippen molar-refractivity contribution < 1.29 is 42.4 Å². The van der Waals surface area contributed by atoms with E-state index in [1.165, 1.54) is 56.3 Å². The number of nitrogens with one attached hydrogen (secondary N) is 3. The number of amides is 3. The third-order valence-electron chi connectivity index (χ3n) is 10.3. The third kappa shape index (κ3) is 11.4. The number of aliphatic carboxylic acids is 1. The summed E-state index contributed by atoms with van der Waals surface area (Å²) in [5.74, 6) is -0.590. The number of allylic oxidation sites excluding steroid dienone is 1. The Morgan fingerprint density at radius 1 is 1.05 bits per heavy atom. The zero-order valence-electron chi connectivity index (χ0n) is 32.6. The number of piperazine rings is 1. The monoisotopic (exact) mass is 829 g/mol. The molecule has 0 spiro atoms. The number of hydrogen-bond acceptors (Lipinski definition) is 9. The summed E-state index contributed by atoms with van der Waals surface area (Å²) in [7, 11) is 0. The van der Waals surface area contributed by atoms with E-state index in [-0.39, 0.29) is 57.4 Å². The Kier molecular flexibility index (Phi) is 14.7. The molecular weight excluding hydrogens is 781 g/mol. The van der Waals surface area contributed by atoms with E-state index in [0.717, 1.165) is 56.5 Å². The molecule has 0 aliphatic carbocycles. The molecule has 3 amide bonds. The number of aliphatic imine (C=N–C) groups is 1. The second-order valence-corrected chi connectivity index (χ2v) is 15.0. The van der Waals surface area contributed by atoms with Crippen LogP contribution in [0.15, 0.2) is 53.9 Å². The molecule has 312 valence electrons. The molecule has 3 aromatic rings. The zero-order valence-corrected chi connectivity index (χ0v) is 33.4. The Morgan fingerprint density at radius 3 is 2.28 bits per heavy atom. The number of carbonyl (C=O) groups excluding carboxylic acids is 3. The molecule has 19 heteroatoms. The molecule has 6 N–H and O–H groups in total. The van der Waals surface area contributed by atoms with Gasteiger partial charge in [0.2, 0.25) is 5.91 Å². The number of alkyl halides is 3. The lowest BCUT2D eigenvalue weighted by molar-refractivity contribution is -0.909. The van der Waals surface area contributed by atoms with Gasteiger partial charge in [0.25, 0.3) is 17.8 Å². The number of hydrogen-bond donors (Lipinski definition) is 5. The maximum absolute atomic E-state index is 13.9. The minimum atomic E-state index is -4.76. The second-order valence-electron chi connectivity index (χ2n) is 14.6. The topological polar surface area (TPSA) is 193 Å². The number of carbonyl (C=O) groups is 4. The van der Waals surface area contributed by atoms with Crippen LogP contribution >= 0.6 is 11.6 Å². The molecule has 0 radical (unpaired) electrons. The molecule has 3 fully saturated rings. The summed E-state index contributed by atoms with van der Waals surface area (Å²) in [6, 6.07) is 7.42. The van der Waals surface area contributed by atoms with Crippen molar-refractivity contribution in [2.75, 3.05) is 70.0 Å². The average molecular weight is 830 g/mol. The van der Waals surface area contributed by atoms with Crippen LogP contribution in [0, 0.1) is 11.8 Å². The summed E-state index contributed by atoms with van der Waals surface area (Å²) in [4.78, 5) is 62.1. The standard InChI is InChI=1S/C37H44ClF3N10O3.C2H4O2/c1-3-31(45-18-23(2)29-22-51(47-33(29)37(39,40)41)27-6-9-44-32(42)17-27)34(52)46-26-4-5-28(30(38)16-26)36(54)50-14-12-49(13-15-50)35(53)25-7-10-48(11-8-25)21-24-19-43-20-24;1-2(3)4/h4-6,9,16-18,22,24-25,43H,3,7-8,10-15,19-21H2,1-2H3,(H2,42,44)(H,46,52);1H3,(H,3,4)/p+1/b23-18+,45-31?;. The number of nitrogens with zero attached hydrogens (tertiary/aromatic N) is 6. The number of piperidine rings is 1. The van der Waals surface area contributed by atoms with Crippen LogP contribution in [0.4, 0.5) is 24.7 Å². The van der Waals surface area contributed by atoms with Crippen molar-refractivity contribution in [3.8, 4) is 5.69 Å². The molecule has 58 heavy (non-hydrogen) atoms. The molecule has 3 saturated heterocycles. The number of anilines is 2. The maximum Gasteiger partial charge on any atom is 0.435 e. The van der Waals surface area contributed by atoms with Gasteiger partial charge in [-0.15, -0.1) is 0 Å². The van der Waals surface area contributed by atoms with Crippen LogP contribution in [0.25, 0.3) is 11.3 Å². The van der Waals surface area contributed by atoms with Crippen LogP contribution < -0.4 is 21.3 Å². The molecule has 0 bridgehead atoms. The number of aromatic nitrogens is 3. The van der Waals surface area contributed by atoms with Gasteiger partial charge in [-0.3, -0.25) is 24.2 Å². The third-order valence-corrected chi connectivity index (χ3v) is 10.6. The first kappa shape index (κ1) is 43.8. The highest BCUT2D eigenvalue weighted by molar-refractivity contribution is 6.43. The fourth-order valence-electron chi connectivity index (χ4n) is 7.04. The van der Waals surface area contributed by atoms with Crippen molar-refractivity contribution in [2.24, 2.45) is 16.8 Å². The van der Waals surface area contributed by atoms with E-state index in [2.05, 4.69) is 25.7 Å². The predicted molar refractivity (Wildman–Crippen MR) is 213 cm³/mol. The van der Waals surface area contributed by atoms with Gasteiger partial charge in [-0.1, -0.05) is 18.5 Å². The van der Waals surface area contributed by atoms with E-state index in [1.807, 2.05) is 4.90 Å². The second kappa shape index (κ2) is 19.4. The van der Waals surface area contributed by atoms with Gasteiger partial charge in [0.15, 0.2) is 5.69 Å². The number of nitrogen functional groups attached to an aromatic ring is 1. The summed E-state index contributed by atoms with van der Waals surface area (Å²) in [5, 5.41) is 17.3. The normalized spacial score (nSPS) is 19.2. The Morgan fingerprint density at radius 2 is 1.71 bits per heavy atom. The summed E-state index contributed by atoms with van der Waals surface area (Å²) in [5.41, 5.74) is 5.42. The largest absolute Gasteiger partial charge is 0.481 e. The lowest BCUT2D eigenvalue weighted by Gasteiger charge is -2.38. The predicted octanol–water partition coefficient (Wildman–Crippen LogP) is 3.26. The van der Waals surface area contributed by atoms with E-state index in [4.69, 9.17) is 27.2 Å². The van der Waals surface area contributed by atoms with Gasteiger partial charge in [-0.05, 0) is 43.2 Å². The van der Waals surface area contributed by atoms with Crippen LogP contribution in [0.3, 0.4) is 0 Å². The van der Waals surface area contributed by atoms with E-state index in [0.29, 0.717) is 37.6 Å². The Labute approximate surface area is 339 Å². The van der Waals surface area contributed by atoms with Gasteiger partial charge in [-0.2, -0.15) is 18.3 Å². The SMILES string of the molecule is CC(=O)O.CCC(=N/C=C(\C)c1cn(-c2ccnc(N)c2)nc1C(F)(F)F)C(=O)Nc1ccc(C(=O)N2CCN(C(=O)C3CC[NH+](CC4CNC4)CC3)CC2)c(Cl)c1. The van der Waals surface area contributed by atoms with Gasteiger partial charge in [0.05, 0.1) is 35.9 Å². The smallest absolute Gasteiger partial charge is 0.435 e. The molecule has 1 aromatic carbocycles. The van der Waals surface area contributed by atoms with Crippen LogP contribution in [-0.2, 0) is 20.6 Å². The quantitative estimate of drug-likeness (QED) is 0.191. The molecule has 6 rings (SSSR count). The summed E-state index contributed by atoms with van der Waals surface area (Å²) in [6.45, 7) is 11.3. The van der Waals surface area contributed by atoms with Crippen molar-refractivity contribution in [3.63, 3.8) is 0 Å². The van der Waals surface area contributed by atoms with Gasteiger partial charge in [0, 0.05) is 107 Å². The first-order valence-electron chi connectivity index (χ1n) is 19.1. The lowest BCUT2D eigenvalue weighted by Crippen LogP contribution is -3.14. The first-order valence-corrected chi connectivity index (χ1v) is 19.5. The molecule has 15 nitrogen and oxygen atoms in total. The molecular formula is C39H49ClF3N10O5+. The Bertz CT molecular complexity index is 2030. The first-order chi connectivity index (χ1) is 27.5. The fourth-order valence-corrected chi connectivity index (χ4v) is 7.31. The number of quaternary nitrogens is 1. The number of benzene rings is 1. The van der Waals surface area contributed by atoms with Crippen molar-refractivity contribution in [1.82, 2.24) is 29.9 Å². The number of pyridine rings is 1. The van der Waals surface area contributed by atoms with Crippen molar-refractivity contribution >= 4 is 58.1 Å². The number of halogens is 4. The summed E-state index contributed by atoms with van der Waals surface area (Å²) in [6.07, 6.45) is 0.984. The maximum atomic E-state index is 13.9. The molecule has 5 heterocycles. The lowest BCUT2D eigenvalue weighted by atomic mass is 9.93. The van der Waals surface area contributed by atoms with Gasteiger partial charge in [-0.25, -0.2) is 9.67 Å². The van der Waals surface area contributed by atoms with Crippen molar-refractivity contribution in [3.05, 3.63) is 70.8 Å². The van der Waals surface area contributed by atoms with Crippen LogP contribution in [0.1, 0.15) is 61.6 Å². The van der Waals surface area contributed by atoms with Crippen molar-refractivity contribution in [2.45, 2.75) is 46.2 Å². The number of nitrogens with two attached hydrogens (primary N) is 1.